The van der Waals surface area contributed by atoms with Crippen molar-refractivity contribution >= 4 is 28.8 Å². The van der Waals surface area contributed by atoms with Crippen molar-refractivity contribution in [1.29, 1.82) is 0 Å². The zero-order chi connectivity index (χ0) is 14.5. The lowest BCUT2D eigenvalue weighted by molar-refractivity contribution is 1.06. The largest absolute Gasteiger partial charge is 0.239 e. The highest BCUT2D eigenvalue weighted by atomic mass is 35.5. The quantitative estimate of drug-likeness (QED) is 0.469. The number of para-hydroxylation sites is 3. The lowest BCUT2D eigenvalue weighted by Crippen LogP contribution is -2.31. The molecular formula is C18H15ClN2. The SMILES string of the molecule is ClN(c1ccccc1)N(c1ccccc1)c1ccccc1. The summed E-state index contributed by atoms with van der Waals surface area (Å²) in [6, 6.07) is 30.0. The molecular weight excluding hydrogens is 280 g/mol. The van der Waals surface area contributed by atoms with Gasteiger partial charge in [-0.1, -0.05) is 54.6 Å². The Labute approximate surface area is 129 Å². The number of hydrazine groups is 1. The average molecular weight is 295 g/mol. The number of hydrogen-bond donors (Lipinski definition) is 0. The summed E-state index contributed by atoms with van der Waals surface area (Å²) in [6.45, 7) is 0. The van der Waals surface area contributed by atoms with E-state index in [9.17, 15) is 0 Å². The highest BCUT2D eigenvalue weighted by Gasteiger charge is 2.16. The van der Waals surface area contributed by atoms with Gasteiger partial charge in [0.15, 0.2) is 0 Å². The van der Waals surface area contributed by atoms with Crippen LogP contribution in [-0.4, -0.2) is 0 Å². The van der Waals surface area contributed by atoms with E-state index in [1.165, 1.54) is 0 Å². The van der Waals surface area contributed by atoms with Gasteiger partial charge in [0.25, 0.3) is 0 Å². The van der Waals surface area contributed by atoms with Gasteiger partial charge >= 0.3 is 0 Å². The minimum absolute atomic E-state index is 0.909. The molecule has 104 valence electrons. The van der Waals surface area contributed by atoms with Crippen LogP contribution in [0.3, 0.4) is 0 Å². The molecule has 0 aliphatic carbocycles. The van der Waals surface area contributed by atoms with Gasteiger partial charge < -0.3 is 0 Å². The Balaban J connectivity index is 2.05. The van der Waals surface area contributed by atoms with Gasteiger partial charge in [0.05, 0.1) is 17.1 Å². The summed E-state index contributed by atoms with van der Waals surface area (Å²) in [5.41, 5.74) is 2.91. The molecule has 0 saturated heterocycles. The first-order valence-electron chi connectivity index (χ1n) is 6.77. The zero-order valence-corrected chi connectivity index (χ0v) is 12.2. The van der Waals surface area contributed by atoms with E-state index in [0.717, 1.165) is 17.1 Å². The highest BCUT2D eigenvalue weighted by Crippen LogP contribution is 2.31. The van der Waals surface area contributed by atoms with E-state index >= 15 is 0 Å². The smallest absolute Gasteiger partial charge is 0.0767 e. The molecule has 3 aromatic rings. The average Bonchev–Trinajstić information content (AvgIpc) is 2.58. The summed E-state index contributed by atoms with van der Waals surface area (Å²) in [5.74, 6) is 0. The molecule has 0 saturated carbocycles. The first-order valence-corrected chi connectivity index (χ1v) is 7.11. The van der Waals surface area contributed by atoms with Crippen molar-refractivity contribution in [2.75, 3.05) is 9.54 Å². The summed E-state index contributed by atoms with van der Waals surface area (Å²) in [5, 5.41) is 1.97. The molecule has 3 heteroatoms. The van der Waals surface area contributed by atoms with Crippen LogP contribution in [0, 0.1) is 0 Å². The van der Waals surface area contributed by atoms with Crippen LogP contribution in [0.25, 0.3) is 0 Å². The van der Waals surface area contributed by atoms with Crippen LogP contribution in [0.1, 0.15) is 0 Å². The normalized spacial score (nSPS) is 10.1. The molecule has 0 aliphatic rings. The van der Waals surface area contributed by atoms with Crippen LogP contribution in [0.4, 0.5) is 17.1 Å². The maximum Gasteiger partial charge on any atom is 0.0767 e. The second kappa shape index (κ2) is 6.33. The predicted octanol–water partition coefficient (Wildman–Crippen LogP) is 5.40. The lowest BCUT2D eigenvalue weighted by Gasteiger charge is -2.32. The van der Waals surface area contributed by atoms with Crippen LogP contribution in [0.5, 0.6) is 0 Å². The molecule has 0 amide bonds. The topological polar surface area (TPSA) is 6.48 Å². The second-order valence-electron chi connectivity index (χ2n) is 4.58. The fourth-order valence-electron chi connectivity index (χ4n) is 2.16. The van der Waals surface area contributed by atoms with Crippen LogP contribution >= 0.6 is 11.8 Å². The molecule has 0 bridgehead atoms. The van der Waals surface area contributed by atoms with E-state index < -0.39 is 0 Å². The monoisotopic (exact) mass is 294 g/mol. The fraction of sp³-hybridized carbons (Fsp3) is 0. The van der Waals surface area contributed by atoms with Crippen LogP contribution < -0.4 is 9.54 Å². The third-order valence-corrected chi connectivity index (χ3v) is 3.49. The van der Waals surface area contributed by atoms with E-state index in [1.54, 1.807) is 4.53 Å². The van der Waals surface area contributed by atoms with Crippen molar-refractivity contribution in [3.63, 3.8) is 0 Å². The van der Waals surface area contributed by atoms with E-state index in [4.69, 9.17) is 11.8 Å². The molecule has 0 aliphatic heterocycles. The number of hydrogen-bond acceptors (Lipinski definition) is 2. The molecule has 3 rings (SSSR count). The Morgan fingerprint density at radius 3 is 1.19 bits per heavy atom. The van der Waals surface area contributed by atoms with Gasteiger partial charge in [-0.15, -0.1) is 0 Å². The molecule has 0 fully saturated rings. The van der Waals surface area contributed by atoms with E-state index in [2.05, 4.69) is 0 Å². The van der Waals surface area contributed by atoms with Gasteiger partial charge in [-0.25, -0.2) is 5.01 Å². The van der Waals surface area contributed by atoms with Crippen molar-refractivity contribution in [1.82, 2.24) is 0 Å². The van der Waals surface area contributed by atoms with Gasteiger partial charge in [0.2, 0.25) is 0 Å². The Morgan fingerprint density at radius 2 is 0.810 bits per heavy atom. The molecule has 0 atom stereocenters. The standard InChI is InChI=1S/C18H15ClN2/c19-21(18-14-8-3-9-15-18)20(16-10-4-1-5-11-16)17-12-6-2-7-13-17/h1-15H. The van der Waals surface area contributed by atoms with Crippen LogP contribution in [0.2, 0.25) is 0 Å². The molecule has 0 unspecified atom stereocenters. The Bertz CT molecular complexity index is 632. The Kier molecular flexibility index (Phi) is 4.08. The van der Waals surface area contributed by atoms with Crippen molar-refractivity contribution in [3.05, 3.63) is 91.0 Å². The van der Waals surface area contributed by atoms with E-state index in [-0.39, 0.29) is 0 Å². The molecule has 0 spiro atoms. The van der Waals surface area contributed by atoms with Crippen LogP contribution in [0.15, 0.2) is 91.0 Å². The van der Waals surface area contributed by atoms with E-state index in [0.29, 0.717) is 0 Å². The highest BCUT2D eigenvalue weighted by molar-refractivity contribution is 6.27. The number of halogens is 1. The molecule has 2 nitrogen and oxygen atoms in total. The molecule has 0 heterocycles. The lowest BCUT2D eigenvalue weighted by atomic mass is 10.2. The van der Waals surface area contributed by atoms with Gasteiger partial charge in [-0.3, -0.25) is 0 Å². The molecule has 0 N–H and O–H groups in total. The fourth-order valence-corrected chi connectivity index (χ4v) is 2.44. The van der Waals surface area contributed by atoms with Crippen LogP contribution in [-0.2, 0) is 0 Å². The summed E-state index contributed by atoms with van der Waals surface area (Å²) < 4.78 is 1.63. The molecule has 21 heavy (non-hydrogen) atoms. The van der Waals surface area contributed by atoms with Crippen molar-refractivity contribution in [2.24, 2.45) is 0 Å². The van der Waals surface area contributed by atoms with Gasteiger partial charge in [0, 0.05) is 11.8 Å². The predicted molar refractivity (Wildman–Crippen MR) is 89.8 cm³/mol. The number of benzene rings is 3. The van der Waals surface area contributed by atoms with Crippen molar-refractivity contribution in [3.8, 4) is 0 Å². The van der Waals surface area contributed by atoms with Gasteiger partial charge in [0.1, 0.15) is 0 Å². The van der Waals surface area contributed by atoms with Crippen molar-refractivity contribution < 1.29 is 0 Å². The Morgan fingerprint density at radius 1 is 0.476 bits per heavy atom. The third kappa shape index (κ3) is 3.01. The second-order valence-corrected chi connectivity index (χ2v) is 4.90. The van der Waals surface area contributed by atoms with Gasteiger partial charge in [-0.05, 0) is 36.4 Å². The summed E-state index contributed by atoms with van der Waals surface area (Å²) in [6.07, 6.45) is 0. The summed E-state index contributed by atoms with van der Waals surface area (Å²) >= 11 is 6.60. The van der Waals surface area contributed by atoms with Gasteiger partial charge in [-0.2, -0.15) is 4.53 Å². The Hall–Kier alpha value is -2.45. The van der Waals surface area contributed by atoms with E-state index in [1.807, 2.05) is 96.0 Å². The first kappa shape index (κ1) is 13.5. The maximum absolute atomic E-state index is 6.60. The summed E-state index contributed by atoms with van der Waals surface area (Å²) in [7, 11) is 0. The number of anilines is 3. The first-order chi connectivity index (χ1) is 10.4. The number of rotatable bonds is 4. The van der Waals surface area contributed by atoms with Crippen molar-refractivity contribution in [2.45, 2.75) is 0 Å². The minimum atomic E-state index is 0.909. The minimum Gasteiger partial charge on any atom is -0.239 e. The maximum atomic E-state index is 6.60. The summed E-state index contributed by atoms with van der Waals surface area (Å²) in [4.78, 5) is 0. The number of nitrogens with zero attached hydrogens (tertiary/aromatic N) is 2. The zero-order valence-electron chi connectivity index (χ0n) is 11.4. The third-order valence-electron chi connectivity index (χ3n) is 3.15. The molecule has 3 aromatic carbocycles. The molecule has 0 aromatic heterocycles. The molecule has 0 radical (unpaired) electrons.